The monoisotopic (exact) mass is 371 g/mol. The Bertz CT molecular complexity index is 9.61. The molecule has 0 N–H and O–H groups in total. The zero-order valence-corrected chi connectivity index (χ0v) is 9.74. The molecule has 0 fully saturated rings. The Morgan fingerprint density at radius 1 is 1.40 bits per heavy atom. The van der Waals surface area contributed by atoms with Crippen molar-refractivity contribution in [1.82, 2.24) is 0 Å². The third-order valence-corrected chi connectivity index (χ3v) is 0. The van der Waals surface area contributed by atoms with Crippen LogP contribution in [0.2, 0.25) is 0 Å². The van der Waals surface area contributed by atoms with Crippen LogP contribution in [0.15, 0.2) is 0 Å². The molecular weight excluding hydrogens is 366 g/mol. The normalized spacial score (nSPS) is 3.20. The Morgan fingerprint density at radius 2 is 1.40 bits per heavy atom. The van der Waals surface area contributed by atoms with Gasteiger partial charge in [-0.1, -0.05) is 0 Å². The van der Waals surface area contributed by atoms with Crippen molar-refractivity contribution in [3.63, 3.8) is 0 Å². The first-order valence-electron chi connectivity index (χ1n) is 0.612. The second kappa shape index (κ2) is 17.1. The summed E-state index contributed by atoms with van der Waals surface area (Å²) in [6.07, 6.45) is 0. The Morgan fingerprint density at radius 3 is 1.40 bits per heavy atom. The van der Waals surface area contributed by atoms with Gasteiger partial charge < -0.3 is 0 Å². The Hall–Kier alpha value is 1.79. The van der Waals surface area contributed by atoms with Crippen molar-refractivity contribution in [3.8, 4) is 0 Å². The number of halogens is 2. The Balaban J connectivity index is -0.0000000200. The van der Waals surface area contributed by atoms with Gasteiger partial charge in [-0.15, -0.1) is 34.0 Å². The molecule has 0 aliphatic carbocycles. The SMILES string of the molecule is Br.Br.C[O][Hf]. The summed E-state index contributed by atoms with van der Waals surface area (Å²) < 4.78 is 4.39. The molecule has 0 saturated carbocycles. The molecule has 0 atom stereocenters. The number of hydrogen-bond donors (Lipinski definition) is 0. The molecule has 0 spiro atoms. The van der Waals surface area contributed by atoms with Gasteiger partial charge in [-0.25, -0.2) is 0 Å². The number of hydrogen-bond acceptors (Lipinski definition) is 1. The van der Waals surface area contributed by atoms with E-state index in [1.165, 1.54) is 0 Å². The van der Waals surface area contributed by atoms with Gasteiger partial charge in [0.25, 0.3) is 0 Å². The summed E-state index contributed by atoms with van der Waals surface area (Å²) in [7, 11) is 1.69. The van der Waals surface area contributed by atoms with Crippen LogP contribution in [0.25, 0.3) is 0 Å². The van der Waals surface area contributed by atoms with Crippen molar-refractivity contribution >= 4 is 34.0 Å². The molecule has 0 heterocycles. The van der Waals surface area contributed by atoms with Crippen LogP contribution in [-0.2, 0) is 27.7 Å². The maximum atomic E-state index is 4.39. The van der Waals surface area contributed by atoms with Crippen molar-refractivity contribution in [3.05, 3.63) is 0 Å². The Kier molecular flexibility index (Phi) is 54.1. The minimum atomic E-state index is 0. The average Bonchev–Trinajstić information content (AvgIpc) is 0.918. The van der Waals surface area contributed by atoms with E-state index in [1.807, 2.05) is 0 Å². The maximum absolute atomic E-state index is 4.39. The molecule has 0 saturated heterocycles. The predicted octanol–water partition coefficient (Wildman–Crippen LogP) is 1.25. The molecule has 0 aliphatic heterocycles. The molecule has 5 heavy (non-hydrogen) atoms. The first kappa shape index (κ1) is 15.8. The zero-order valence-electron chi connectivity index (χ0n) is 2.72. The van der Waals surface area contributed by atoms with E-state index in [0.717, 1.165) is 24.8 Å². The molecular formula is CH5Br2HfO. The third kappa shape index (κ3) is 26.0. The second-order valence-electron chi connectivity index (χ2n) is 0.204. The van der Waals surface area contributed by atoms with Crippen LogP contribution >= 0.6 is 34.0 Å². The van der Waals surface area contributed by atoms with Crippen molar-refractivity contribution in [1.29, 1.82) is 0 Å². The summed E-state index contributed by atoms with van der Waals surface area (Å²) in [4.78, 5) is 0. The quantitative estimate of drug-likeness (QED) is 0.583. The van der Waals surface area contributed by atoms with Crippen LogP contribution in [0, 0.1) is 0 Å². The van der Waals surface area contributed by atoms with Crippen LogP contribution in [0.3, 0.4) is 0 Å². The van der Waals surface area contributed by atoms with Crippen LogP contribution < -0.4 is 0 Å². The molecule has 0 bridgehead atoms. The summed E-state index contributed by atoms with van der Waals surface area (Å²) >= 11 is 0.869. The van der Waals surface area contributed by atoms with Gasteiger partial charge in [0.05, 0.1) is 0 Å². The van der Waals surface area contributed by atoms with Crippen LogP contribution in [0.1, 0.15) is 0 Å². The topological polar surface area (TPSA) is 9.23 Å². The van der Waals surface area contributed by atoms with E-state index in [1.54, 1.807) is 7.11 Å². The zero-order chi connectivity index (χ0) is 2.71. The van der Waals surface area contributed by atoms with Crippen molar-refractivity contribution < 1.29 is 27.7 Å². The molecule has 0 aromatic rings. The fourth-order valence-electron chi connectivity index (χ4n) is 0. The average molecular weight is 371 g/mol. The molecule has 0 aromatic carbocycles. The van der Waals surface area contributed by atoms with E-state index in [-0.39, 0.29) is 34.0 Å². The minimum absolute atomic E-state index is 0. The van der Waals surface area contributed by atoms with Gasteiger partial charge in [0.1, 0.15) is 0 Å². The fourth-order valence-corrected chi connectivity index (χ4v) is 0. The van der Waals surface area contributed by atoms with E-state index in [2.05, 4.69) is 2.85 Å². The summed E-state index contributed by atoms with van der Waals surface area (Å²) in [6.45, 7) is 0. The van der Waals surface area contributed by atoms with Gasteiger partial charge in [0, 0.05) is 0 Å². The molecule has 0 rings (SSSR count). The molecule has 0 aliphatic rings. The van der Waals surface area contributed by atoms with Gasteiger partial charge in [-0.05, 0) is 0 Å². The standard InChI is InChI=1S/CH3O.2BrH.Hf/c1-2;;;/h1H3;2*1H;/q-1;;;+1. The van der Waals surface area contributed by atoms with Crippen LogP contribution in [-0.4, -0.2) is 7.11 Å². The first-order chi connectivity index (χ1) is 1.41. The van der Waals surface area contributed by atoms with Crippen LogP contribution in [0.4, 0.5) is 0 Å². The number of rotatable bonds is 0. The molecule has 0 amide bonds. The molecule has 33 valence electrons. The summed E-state index contributed by atoms with van der Waals surface area (Å²) in [5, 5.41) is 0. The Labute approximate surface area is 68.2 Å². The predicted molar refractivity (Wildman–Crippen MR) is 27.7 cm³/mol. The van der Waals surface area contributed by atoms with E-state index < -0.39 is 0 Å². The molecule has 4 heteroatoms. The summed E-state index contributed by atoms with van der Waals surface area (Å²) in [5.74, 6) is 0. The molecule has 0 unspecified atom stereocenters. The van der Waals surface area contributed by atoms with Gasteiger partial charge in [0.15, 0.2) is 0 Å². The van der Waals surface area contributed by atoms with Crippen molar-refractivity contribution in [2.24, 2.45) is 0 Å². The van der Waals surface area contributed by atoms with E-state index in [4.69, 9.17) is 0 Å². The molecule has 1 nitrogen and oxygen atoms in total. The fraction of sp³-hybridized carbons (Fsp3) is 1.00. The van der Waals surface area contributed by atoms with E-state index in [0.29, 0.717) is 0 Å². The van der Waals surface area contributed by atoms with Gasteiger partial charge in [-0.2, -0.15) is 0 Å². The summed E-state index contributed by atoms with van der Waals surface area (Å²) in [6, 6.07) is 0. The third-order valence-electron chi connectivity index (χ3n) is 0. The van der Waals surface area contributed by atoms with E-state index >= 15 is 0 Å². The van der Waals surface area contributed by atoms with Crippen molar-refractivity contribution in [2.45, 2.75) is 0 Å². The van der Waals surface area contributed by atoms with Crippen molar-refractivity contribution in [2.75, 3.05) is 7.11 Å². The van der Waals surface area contributed by atoms with E-state index in [9.17, 15) is 0 Å². The first-order valence-corrected chi connectivity index (χ1v) is 2.08. The van der Waals surface area contributed by atoms with Gasteiger partial charge >= 0.3 is 34.8 Å². The van der Waals surface area contributed by atoms with Crippen LogP contribution in [0.5, 0.6) is 0 Å². The summed E-state index contributed by atoms with van der Waals surface area (Å²) in [5.41, 5.74) is 0. The molecule has 0 radical (unpaired) electrons. The molecule has 0 aromatic heterocycles. The van der Waals surface area contributed by atoms with Gasteiger partial charge in [0.2, 0.25) is 0 Å². The second-order valence-corrected chi connectivity index (χ2v) is 1.67. The van der Waals surface area contributed by atoms with Gasteiger partial charge in [-0.3, -0.25) is 0 Å².